The molecule has 2 N–H and O–H groups in total. The maximum absolute atomic E-state index is 13.2. The van der Waals surface area contributed by atoms with E-state index in [0.717, 1.165) is 28.9 Å². The Morgan fingerprint density at radius 2 is 1.85 bits per heavy atom. The molecule has 0 aliphatic carbocycles. The summed E-state index contributed by atoms with van der Waals surface area (Å²) in [6, 6.07) is 8.83. The fourth-order valence-electron chi connectivity index (χ4n) is 5.02. The summed E-state index contributed by atoms with van der Waals surface area (Å²) in [6.07, 6.45) is 5.56. The molecule has 39 heavy (non-hydrogen) atoms. The number of nitrogens with zero attached hydrogens (tertiary/aromatic N) is 3. The number of amides is 3. The second-order valence-electron chi connectivity index (χ2n) is 9.65. The minimum atomic E-state index is -3.94. The second kappa shape index (κ2) is 11.6. The highest BCUT2D eigenvalue weighted by Crippen LogP contribution is 2.31. The molecular weight excluding hydrogens is 562 g/mol. The third-order valence-electron chi connectivity index (χ3n) is 7.01. The number of rotatable bonds is 8. The standard InChI is InChI=1S/C26H28ClN5O5S2/c27-19-5-6-22-18(13-19)14-24(38-22)39(36,37)30-21-4-2-11-31(26(21)35)16-23(33)32-12-1-3-20(32)15-29-25(34)17-7-9-28-10-8-17/h5-10,13-14,20-21,30H,1-4,11-12,15-16H2,(H,29,34)/t20-,21?/m0/s1. The number of carbonyl (C=O) groups is 3. The summed E-state index contributed by atoms with van der Waals surface area (Å²) in [5.41, 5.74) is 0.493. The summed E-state index contributed by atoms with van der Waals surface area (Å²) >= 11 is 7.13. The first-order chi connectivity index (χ1) is 18.7. The Balaban J connectivity index is 1.19. The highest BCUT2D eigenvalue weighted by Gasteiger charge is 2.36. The lowest BCUT2D eigenvalue weighted by molar-refractivity contribution is -0.143. The highest BCUT2D eigenvalue weighted by atomic mass is 35.5. The summed E-state index contributed by atoms with van der Waals surface area (Å²) in [4.78, 5) is 45.8. The molecule has 4 heterocycles. The first kappa shape index (κ1) is 27.5. The molecule has 2 aliphatic heterocycles. The summed E-state index contributed by atoms with van der Waals surface area (Å²) < 4.78 is 29.6. The van der Waals surface area contributed by atoms with Gasteiger partial charge in [-0.15, -0.1) is 11.3 Å². The van der Waals surface area contributed by atoms with Crippen LogP contribution in [0.2, 0.25) is 5.02 Å². The Hall–Kier alpha value is -3.06. The van der Waals surface area contributed by atoms with Crippen LogP contribution < -0.4 is 10.0 Å². The van der Waals surface area contributed by atoms with E-state index < -0.39 is 22.0 Å². The van der Waals surface area contributed by atoms with Crippen LogP contribution in [0.1, 0.15) is 36.0 Å². The van der Waals surface area contributed by atoms with E-state index in [2.05, 4.69) is 15.0 Å². The smallest absolute Gasteiger partial charge is 0.251 e. The van der Waals surface area contributed by atoms with Crippen LogP contribution in [0.3, 0.4) is 0 Å². The topological polar surface area (TPSA) is 129 Å². The molecule has 2 saturated heterocycles. The molecule has 2 atom stereocenters. The number of halogens is 1. The zero-order chi connectivity index (χ0) is 27.6. The number of carbonyl (C=O) groups excluding carboxylic acids is 3. The van der Waals surface area contributed by atoms with Crippen molar-refractivity contribution in [3.05, 3.63) is 59.4 Å². The van der Waals surface area contributed by atoms with Gasteiger partial charge in [-0.3, -0.25) is 19.4 Å². The SMILES string of the molecule is O=C(NC[C@@H]1CCCN1C(=O)CN1CCCC(NS(=O)(=O)c2cc3cc(Cl)ccc3s2)C1=O)c1ccncc1. The van der Waals surface area contributed by atoms with Crippen LogP contribution in [-0.4, -0.2) is 79.2 Å². The van der Waals surface area contributed by atoms with Crippen LogP contribution in [0.15, 0.2) is 53.0 Å². The second-order valence-corrected chi connectivity index (χ2v) is 13.1. The van der Waals surface area contributed by atoms with Gasteiger partial charge in [0.25, 0.3) is 15.9 Å². The summed E-state index contributed by atoms with van der Waals surface area (Å²) in [5, 5.41) is 4.10. The molecule has 0 saturated carbocycles. The van der Waals surface area contributed by atoms with Crippen molar-refractivity contribution in [3.8, 4) is 0 Å². The van der Waals surface area contributed by atoms with Gasteiger partial charge in [-0.1, -0.05) is 11.6 Å². The monoisotopic (exact) mass is 589 g/mol. The zero-order valence-electron chi connectivity index (χ0n) is 21.0. The number of likely N-dealkylation sites (tertiary alicyclic amines) is 2. The minimum Gasteiger partial charge on any atom is -0.350 e. The number of nitrogens with one attached hydrogen (secondary N) is 2. The molecule has 2 fully saturated rings. The molecule has 3 amide bonds. The molecule has 0 bridgehead atoms. The number of hydrogen-bond acceptors (Lipinski definition) is 7. The Morgan fingerprint density at radius 1 is 1.08 bits per heavy atom. The molecule has 3 aromatic rings. The molecule has 10 nitrogen and oxygen atoms in total. The number of fused-ring (bicyclic) bond motifs is 1. The maximum Gasteiger partial charge on any atom is 0.251 e. The van der Waals surface area contributed by atoms with E-state index in [1.165, 1.54) is 4.90 Å². The lowest BCUT2D eigenvalue weighted by Gasteiger charge is -2.34. The Bertz CT molecular complexity index is 1500. The largest absolute Gasteiger partial charge is 0.350 e. The van der Waals surface area contributed by atoms with E-state index >= 15 is 0 Å². The van der Waals surface area contributed by atoms with Gasteiger partial charge in [0.1, 0.15) is 10.3 Å². The summed E-state index contributed by atoms with van der Waals surface area (Å²) in [7, 11) is -3.94. The van der Waals surface area contributed by atoms with Crippen molar-refractivity contribution in [1.29, 1.82) is 0 Å². The van der Waals surface area contributed by atoms with E-state index in [1.54, 1.807) is 53.7 Å². The average Bonchev–Trinajstić information content (AvgIpc) is 3.57. The molecule has 2 aliphatic rings. The predicted molar refractivity (Wildman–Crippen MR) is 148 cm³/mol. The van der Waals surface area contributed by atoms with Crippen LogP contribution in [0, 0.1) is 0 Å². The van der Waals surface area contributed by atoms with E-state index in [-0.39, 0.29) is 28.6 Å². The summed E-state index contributed by atoms with van der Waals surface area (Å²) in [5.74, 6) is -0.863. The van der Waals surface area contributed by atoms with Crippen LogP contribution >= 0.6 is 22.9 Å². The molecule has 2 aromatic heterocycles. The van der Waals surface area contributed by atoms with Gasteiger partial charge in [-0.2, -0.15) is 4.72 Å². The van der Waals surface area contributed by atoms with Crippen molar-refractivity contribution in [3.63, 3.8) is 0 Å². The number of pyridine rings is 1. The number of aromatic nitrogens is 1. The minimum absolute atomic E-state index is 0.106. The lowest BCUT2D eigenvalue weighted by Crippen LogP contribution is -2.55. The number of hydrogen-bond donors (Lipinski definition) is 2. The molecule has 1 unspecified atom stereocenters. The molecule has 206 valence electrons. The number of sulfonamides is 1. The molecule has 5 rings (SSSR count). The van der Waals surface area contributed by atoms with Gasteiger partial charge in [0, 0.05) is 53.4 Å². The van der Waals surface area contributed by atoms with E-state index in [0.29, 0.717) is 48.4 Å². The van der Waals surface area contributed by atoms with Gasteiger partial charge in [-0.05, 0) is 67.5 Å². The highest BCUT2D eigenvalue weighted by molar-refractivity contribution is 7.91. The van der Waals surface area contributed by atoms with E-state index in [4.69, 9.17) is 11.6 Å². The normalized spacial score (nSPS) is 20.0. The molecule has 0 radical (unpaired) electrons. The first-order valence-electron chi connectivity index (χ1n) is 12.7. The summed E-state index contributed by atoms with van der Waals surface area (Å²) in [6.45, 7) is 1.10. The van der Waals surface area contributed by atoms with Gasteiger partial charge in [0.05, 0.1) is 6.54 Å². The Kier molecular flexibility index (Phi) is 8.17. The molecule has 13 heteroatoms. The van der Waals surface area contributed by atoms with Gasteiger partial charge >= 0.3 is 0 Å². The Morgan fingerprint density at radius 3 is 2.64 bits per heavy atom. The molecule has 0 spiro atoms. The van der Waals surface area contributed by atoms with Crippen LogP contribution in [0.5, 0.6) is 0 Å². The quantitative estimate of drug-likeness (QED) is 0.416. The number of thiophene rings is 1. The molecule has 1 aromatic carbocycles. The fourth-order valence-corrected chi connectivity index (χ4v) is 7.82. The van der Waals surface area contributed by atoms with Crippen molar-refractivity contribution in [2.45, 2.75) is 42.0 Å². The zero-order valence-corrected chi connectivity index (χ0v) is 23.4. The third-order valence-corrected chi connectivity index (χ3v) is 10.3. The lowest BCUT2D eigenvalue weighted by atomic mass is 10.1. The third kappa shape index (κ3) is 6.24. The van der Waals surface area contributed by atoms with Crippen molar-refractivity contribution in [2.24, 2.45) is 0 Å². The van der Waals surface area contributed by atoms with Crippen LogP contribution in [0.4, 0.5) is 0 Å². The first-order valence-corrected chi connectivity index (χ1v) is 15.4. The van der Waals surface area contributed by atoms with Gasteiger partial charge in [0.2, 0.25) is 11.8 Å². The number of benzene rings is 1. The average molecular weight is 590 g/mol. The van der Waals surface area contributed by atoms with Gasteiger partial charge < -0.3 is 15.1 Å². The van der Waals surface area contributed by atoms with Crippen molar-refractivity contribution >= 4 is 60.8 Å². The fraction of sp³-hybridized carbons (Fsp3) is 0.385. The van der Waals surface area contributed by atoms with Gasteiger partial charge in [-0.25, -0.2) is 8.42 Å². The van der Waals surface area contributed by atoms with Crippen molar-refractivity contribution < 1.29 is 22.8 Å². The van der Waals surface area contributed by atoms with E-state index in [1.807, 2.05) is 0 Å². The predicted octanol–water partition coefficient (Wildman–Crippen LogP) is 2.64. The van der Waals surface area contributed by atoms with Crippen molar-refractivity contribution in [1.82, 2.24) is 24.8 Å². The van der Waals surface area contributed by atoms with Crippen molar-refractivity contribution in [2.75, 3.05) is 26.2 Å². The van der Waals surface area contributed by atoms with Crippen LogP contribution in [0.25, 0.3) is 10.1 Å². The van der Waals surface area contributed by atoms with Crippen LogP contribution in [-0.2, 0) is 19.6 Å². The Labute approximate surface area is 235 Å². The maximum atomic E-state index is 13.2. The molecular formula is C26H28ClN5O5S2. The number of piperidine rings is 1. The van der Waals surface area contributed by atoms with E-state index in [9.17, 15) is 22.8 Å². The van der Waals surface area contributed by atoms with Gasteiger partial charge in [0.15, 0.2) is 0 Å².